The number of fused-ring (bicyclic) bond motifs is 1. The van der Waals surface area contributed by atoms with Gasteiger partial charge in [0.25, 0.3) is 0 Å². The van der Waals surface area contributed by atoms with Crippen LogP contribution in [0.1, 0.15) is 12.5 Å². The van der Waals surface area contributed by atoms with Crippen molar-refractivity contribution in [3.05, 3.63) is 41.8 Å². The van der Waals surface area contributed by atoms with Crippen molar-refractivity contribution in [2.75, 3.05) is 19.6 Å². The predicted octanol–water partition coefficient (Wildman–Crippen LogP) is 2.17. The molecule has 1 atom stereocenters. The molecule has 1 aromatic carbocycles. The maximum absolute atomic E-state index is 13.7. The molecule has 1 saturated heterocycles. The van der Waals surface area contributed by atoms with Gasteiger partial charge in [0.1, 0.15) is 5.82 Å². The Morgan fingerprint density at radius 3 is 3.16 bits per heavy atom. The second-order valence-corrected chi connectivity index (χ2v) is 5.20. The molecule has 19 heavy (non-hydrogen) atoms. The molecule has 0 saturated carbocycles. The molecule has 1 aliphatic heterocycles. The third kappa shape index (κ3) is 2.60. The van der Waals surface area contributed by atoms with E-state index in [0.717, 1.165) is 37.3 Å². The van der Waals surface area contributed by atoms with E-state index in [4.69, 9.17) is 0 Å². The van der Waals surface area contributed by atoms with Gasteiger partial charge in [0, 0.05) is 43.8 Å². The van der Waals surface area contributed by atoms with Gasteiger partial charge in [-0.05, 0) is 30.7 Å². The van der Waals surface area contributed by atoms with Crippen LogP contribution >= 0.6 is 0 Å². The number of hydrogen-bond donors (Lipinski definition) is 1. The van der Waals surface area contributed by atoms with Crippen molar-refractivity contribution in [2.24, 2.45) is 0 Å². The van der Waals surface area contributed by atoms with Gasteiger partial charge in [-0.15, -0.1) is 0 Å². The summed E-state index contributed by atoms with van der Waals surface area (Å²) in [5.41, 5.74) is 1.89. The fourth-order valence-electron chi connectivity index (χ4n) is 2.72. The largest absolute Gasteiger partial charge is 0.312 e. The average Bonchev–Trinajstić information content (AvgIpc) is 2.42. The molecule has 3 nitrogen and oxygen atoms in total. The van der Waals surface area contributed by atoms with Crippen LogP contribution in [0.2, 0.25) is 0 Å². The van der Waals surface area contributed by atoms with E-state index in [0.29, 0.717) is 11.4 Å². The molecule has 0 spiro atoms. The summed E-state index contributed by atoms with van der Waals surface area (Å²) in [5, 5.41) is 4.04. The number of aromatic nitrogens is 1. The van der Waals surface area contributed by atoms with Crippen LogP contribution in [0.25, 0.3) is 10.9 Å². The highest BCUT2D eigenvalue weighted by molar-refractivity contribution is 5.82. The van der Waals surface area contributed by atoms with Crippen molar-refractivity contribution in [3.63, 3.8) is 0 Å². The highest BCUT2D eigenvalue weighted by atomic mass is 19.1. The lowest BCUT2D eigenvalue weighted by Crippen LogP contribution is -2.48. The smallest absolute Gasteiger partial charge is 0.132 e. The van der Waals surface area contributed by atoms with Gasteiger partial charge in [-0.3, -0.25) is 9.88 Å². The Balaban J connectivity index is 1.90. The Kier molecular flexibility index (Phi) is 3.44. The summed E-state index contributed by atoms with van der Waals surface area (Å²) in [5.74, 6) is -0.194. The van der Waals surface area contributed by atoms with Crippen LogP contribution in [0.3, 0.4) is 0 Å². The van der Waals surface area contributed by atoms with Crippen LogP contribution < -0.4 is 5.32 Å². The Morgan fingerprint density at radius 2 is 2.32 bits per heavy atom. The van der Waals surface area contributed by atoms with E-state index in [1.165, 1.54) is 0 Å². The fraction of sp³-hybridized carbons (Fsp3) is 0.400. The van der Waals surface area contributed by atoms with E-state index >= 15 is 0 Å². The molecule has 1 fully saturated rings. The molecule has 1 aliphatic rings. The van der Waals surface area contributed by atoms with Crippen LogP contribution in [0.15, 0.2) is 30.5 Å². The summed E-state index contributed by atoms with van der Waals surface area (Å²) in [7, 11) is 0. The molecule has 0 amide bonds. The topological polar surface area (TPSA) is 28.2 Å². The Morgan fingerprint density at radius 1 is 1.42 bits per heavy atom. The zero-order valence-electron chi connectivity index (χ0n) is 11.1. The molecule has 1 aromatic heterocycles. The van der Waals surface area contributed by atoms with Crippen LogP contribution in [0.5, 0.6) is 0 Å². The van der Waals surface area contributed by atoms with E-state index < -0.39 is 0 Å². The minimum Gasteiger partial charge on any atom is -0.312 e. The summed E-state index contributed by atoms with van der Waals surface area (Å²) in [6, 6.07) is 7.49. The minimum absolute atomic E-state index is 0.194. The fourth-order valence-corrected chi connectivity index (χ4v) is 2.72. The molecular weight excluding hydrogens is 241 g/mol. The maximum atomic E-state index is 13.7. The number of rotatable bonds is 2. The second-order valence-electron chi connectivity index (χ2n) is 5.20. The van der Waals surface area contributed by atoms with Crippen molar-refractivity contribution < 1.29 is 4.39 Å². The van der Waals surface area contributed by atoms with Crippen LogP contribution in [-0.4, -0.2) is 35.6 Å². The second kappa shape index (κ2) is 5.23. The first-order chi connectivity index (χ1) is 9.24. The Bertz CT molecular complexity index is 585. The number of pyridine rings is 1. The Labute approximate surface area is 112 Å². The monoisotopic (exact) mass is 259 g/mol. The lowest BCUT2D eigenvalue weighted by molar-refractivity contribution is 0.200. The summed E-state index contributed by atoms with van der Waals surface area (Å²) < 4.78 is 13.7. The SMILES string of the molecule is CC1CN(Cc2ccc(F)c3cccnc23)CCN1. The number of piperazine rings is 1. The third-order valence-electron chi connectivity index (χ3n) is 3.65. The zero-order valence-corrected chi connectivity index (χ0v) is 11.1. The lowest BCUT2D eigenvalue weighted by atomic mass is 10.1. The number of hydrogen-bond acceptors (Lipinski definition) is 3. The number of nitrogens with zero attached hydrogens (tertiary/aromatic N) is 2. The molecule has 3 rings (SSSR count). The molecule has 2 aromatic rings. The average molecular weight is 259 g/mol. The van der Waals surface area contributed by atoms with Crippen LogP contribution in [0, 0.1) is 5.82 Å². The van der Waals surface area contributed by atoms with Gasteiger partial charge in [0.15, 0.2) is 0 Å². The van der Waals surface area contributed by atoms with E-state index in [9.17, 15) is 4.39 Å². The van der Waals surface area contributed by atoms with Crippen molar-refractivity contribution >= 4 is 10.9 Å². The minimum atomic E-state index is -0.194. The van der Waals surface area contributed by atoms with E-state index in [1.54, 1.807) is 24.4 Å². The third-order valence-corrected chi connectivity index (χ3v) is 3.65. The van der Waals surface area contributed by atoms with Gasteiger partial charge in [-0.1, -0.05) is 6.07 Å². The first-order valence-corrected chi connectivity index (χ1v) is 6.72. The first kappa shape index (κ1) is 12.5. The van der Waals surface area contributed by atoms with Crippen molar-refractivity contribution in [1.82, 2.24) is 15.2 Å². The predicted molar refractivity (Wildman–Crippen MR) is 74.4 cm³/mol. The molecule has 0 radical (unpaired) electrons. The van der Waals surface area contributed by atoms with E-state index in [-0.39, 0.29) is 5.82 Å². The summed E-state index contributed by atoms with van der Waals surface area (Å²) >= 11 is 0. The van der Waals surface area contributed by atoms with Crippen LogP contribution in [-0.2, 0) is 6.54 Å². The Hall–Kier alpha value is -1.52. The molecule has 1 N–H and O–H groups in total. The lowest BCUT2D eigenvalue weighted by Gasteiger charge is -2.31. The number of nitrogens with one attached hydrogen (secondary N) is 1. The maximum Gasteiger partial charge on any atom is 0.132 e. The molecule has 100 valence electrons. The van der Waals surface area contributed by atoms with Gasteiger partial charge in [-0.25, -0.2) is 4.39 Å². The molecule has 2 heterocycles. The first-order valence-electron chi connectivity index (χ1n) is 6.72. The number of benzene rings is 1. The molecular formula is C15H18FN3. The standard InChI is InChI=1S/C15H18FN3/c1-11-9-19(8-7-17-11)10-12-4-5-14(16)13-3-2-6-18-15(12)13/h2-6,11,17H,7-10H2,1H3. The van der Waals surface area contributed by atoms with Crippen molar-refractivity contribution in [2.45, 2.75) is 19.5 Å². The summed E-state index contributed by atoms with van der Waals surface area (Å²) in [6.45, 7) is 6.07. The van der Waals surface area contributed by atoms with Gasteiger partial charge in [0.2, 0.25) is 0 Å². The normalized spacial score (nSPS) is 20.8. The zero-order chi connectivity index (χ0) is 13.2. The van der Waals surface area contributed by atoms with Gasteiger partial charge in [-0.2, -0.15) is 0 Å². The highest BCUT2D eigenvalue weighted by Crippen LogP contribution is 2.21. The van der Waals surface area contributed by atoms with Crippen molar-refractivity contribution in [1.29, 1.82) is 0 Å². The molecule has 0 bridgehead atoms. The van der Waals surface area contributed by atoms with E-state index in [2.05, 4.69) is 22.1 Å². The van der Waals surface area contributed by atoms with E-state index in [1.807, 2.05) is 6.07 Å². The van der Waals surface area contributed by atoms with Crippen LogP contribution in [0.4, 0.5) is 4.39 Å². The van der Waals surface area contributed by atoms with Crippen molar-refractivity contribution in [3.8, 4) is 0 Å². The summed E-state index contributed by atoms with van der Waals surface area (Å²) in [6.07, 6.45) is 1.73. The summed E-state index contributed by atoms with van der Waals surface area (Å²) in [4.78, 5) is 6.74. The quantitative estimate of drug-likeness (QED) is 0.896. The van der Waals surface area contributed by atoms with Gasteiger partial charge in [0.05, 0.1) is 5.52 Å². The molecule has 4 heteroatoms. The van der Waals surface area contributed by atoms with Gasteiger partial charge < -0.3 is 5.32 Å². The highest BCUT2D eigenvalue weighted by Gasteiger charge is 2.17. The van der Waals surface area contributed by atoms with Gasteiger partial charge >= 0.3 is 0 Å². The number of halogens is 1. The molecule has 1 unspecified atom stereocenters. The molecule has 0 aliphatic carbocycles.